The van der Waals surface area contributed by atoms with E-state index in [0.29, 0.717) is 12.2 Å². The Bertz CT molecular complexity index is 579. The standard InChI is InChI=1S/C14H15N3O2S/c18-13(16-8-11-2-1-7-19-11)12-9-20-14(17-12)10-3-5-15-6-4-10/h3-6,9,11H,1-2,7-8H2,(H,16,18). The molecule has 1 amide bonds. The Morgan fingerprint density at radius 3 is 3.05 bits per heavy atom. The Labute approximate surface area is 121 Å². The average molecular weight is 289 g/mol. The SMILES string of the molecule is O=C(NCC1CCCO1)c1csc(-c2ccncc2)n1. The van der Waals surface area contributed by atoms with Crippen LogP contribution in [0.5, 0.6) is 0 Å². The number of hydrogen-bond donors (Lipinski definition) is 1. The molecule has 1 aliphatic heterocycles. The van der Waals surface area contributed by atoms with E-state index in [1.54, 1.807) is 17.8 Å². The minimum atomic E-state index is -0.142. The number of rotatable bonds is 4. The highest BCUT2D eigenvalue weighted by Crippen LogP contribution is 2.22. The highest BCUT2D eigenvalue weighted by Gasteiger charge is 2.18. The number of pyridine rings is 1. The van der Waals surface area contributed by atoms with Crippen molar-refractivity contribution in [3.63, 3.8) is 0 Å². The van der Waals surface area contributed by atoms with Crippen LogP contribution in [0.1, 0.15) is 23.3 Å². The van der Waals surface area contributed by atoms with Crippen molar-refractivity contribution in [2.45, 2.75) is 18.9 Å². The molecule has 0 saturated carbocycles. The number of ether oxygens (including phenoxy) is 1. The first-order valence-electron chi connectivity index (χ1n) is 6.58. The Kier molecular flexibility index (Phi) is 4.03. The van der Waals surface area contributed by atoms with Crippen molar-refractivity contribution in [3.05, 3.63) is 35.6 Å². The molecule has 0 radical (unpaired) electrons. The number of hydrogen-bond acceptors (Lipinski definition) is 5. The topological polar surface area (TPSA) is 64.1 Å². The Hall–Kier alpha value is -1.79. The summed E-state index contributed by atoms with van der Waals surface area (Å²) < 4.78 is 5.47. The van der Waals surface area contributed by atoms with Gasteiger partial charge in [0.15, 0.2) is 0 Å². The van der Waals surface area contributed by atoms with Gasteiger partial charge in [0.1, 0.15) is 10.7 Å². The first-order chi connectivity index (χ1) is 9.83. The Morgan fingerprint density at radius 1 is 1.45 bits per heavy atom. The monoisotopic (exact) mass is 289 g/mol. The number of nitrogens with zero attached hydrogens (tertiary/aromatic N) is 2. The van der Waals surface area contributed by atoms with Crippen LogP contribution in [0.15, 0.2) is 29.9 Å². The van der Waals surface area contributed by atoms with E-state index in [2.05, 4.69) is 15.3 Å². The molecule has 3 rings (SSSR count). The van der Waals surface area contributed by atoms with Crippen LogP contribution in [-0.4, -0.2) is 35.1 Å². The number of carbonyl (C=O) groups is 1. The molecule has 1 atom stereocenters. The van der Waals surface area contributed by atoms with E-state index in [-0.39, 0.29) is 12.0 Å². The second kappa shape index (κ2) is 6.11. The van der Waals surface area contributed by atoms with Gasteiger partial charge < -0.3 is 10.1 Å². The maximum atomic E-state index is 12.0. The van der Waals surface area contributed by atoms with Crippen LogP contribution in [0.25, 0.3) is 10.6 Å². The van der Waals surface area contributed by atoms with Gasteiger partial charge >= 0.3 is 0 Å². The Morgan fingerprint density at radius 2 is 2.30 bits per heavy atom. The number of aromatic nitrogens is 2. The largest absolute Gasteiger partial charge is 0.376 e. The molecule has 5 nitrogen and oxygen atoms in total. The summed E-state index contributed by atoms with van der Waals surface area (Å²) in [5.41, 5.74) is 1.43. The molecule has 1 saturated heterocycles. The van der Waals surface area contributed by atoms with Crippen molar-refractivity contribution >= 4 is 17.2 Å². The van der Waals surface area contributed by atoms with Crippen molar-refractivity contribution in [1.82, 2.24) is 15.3 Å². The van der Waals surface area contributed by atoms with Gasteiger partial charge in [-0.1, -0.05) is 0 Å². The second-order valence-corrected chi connectivity index (χ2v) is 5.48. The van der Waals surface area contributed by atoms with E-state index in [4.69, 9.17) is 4.74 Å². The minimum absolute atomic E-state index is 0.142. The number of carbonyl (C=O) groups excluding carboxylic acids is 1. The third-order valence-corrected chi connectivity index (χ3v) is 4.07. The molecule has 1 unspecified atom stereocenters. The van der Waals surface area contributed by atoms with Crippen LogP contribution in [0.3, 0.4) is 0 Å². The Balaban J connectivity index is 1.62. The molecular weight excluding hydrogens is 274 g/mol. The van der Waals surface area contributed by atoms with Gasteiger partial charge in [0, 0.05) is 36.5 Å². The van der Waals surface area contributed by atoms with E-state index in [1.807, 2.05) is 12.1 Å². The lowest BCUT2D eigenvalue weighted by molar-refractivity contribution is 0.0854. The molecular formula is C14H15N3O2S. The summed E-state index contributed by atoms with van der Waals surface area (Å²) in [4.78, 5) is 20.3. The molecule has 0 bridgehead atoms. The lowest BCUT2D eigenvalue weighted by Gasteiger charge is -2.09. The van der Waals surface area contributed by atoms with Crippen LogP contribution in [0.2, 0.25) is 0 Å². The second-order valence-electron chi connectivity index (χ2n) is 4.62. The molecule has 2 aromatic heterocycles. The van der Waals surface area contributed by atoms with Gasteiger partial charge in [-0.3, -0.25) is 9.78 Å². The van der Waals surface area contributed by atoms with Crippen molar-refractivity contribution < 1.29 is 9.53 Å². The molecule has 1 aliphatic rings. The van der Waals surface area contributed by atoms with Gasteiger partial charge in [-0.25, -0.2) is 4.98 Å². The van der Waals surface area contributed by atoms with Crippen LogP contribution in [-0.2, 0) is 4.74 Å². The van der Waals surface area contributed by atoms with Gasteiger partial charge in [0.05, 0.1) is 6.10 Å². The van der Waals surface area contributed by atoms with Crippen molar-refractivity contribution in [3.8, 4) is 10.6 Å². The third kappa shape index (κ3) is 3.02. The summed E-state index contributed by atoms with van der Waals surface area (Å²) in [5.74, 6) is -0.142. The molecule has 1 fully saturated rings. The van der Waals surface area contributed by atoms with Gasteiger partial charge in [0.25, 0.3) is 5.91 Å². The van der Waals surface area contributed by atoms with Crippen molar-refractivity contribution in [1.29, 1.82) is 0 Å². The predicted octanol–water partition coefficient (Wildman–Crippen LogP) is 2.11. The van der Waals surface area contributed by atoms with Crippen molar-refractivity contribution in [2.24, 2.45) is 0 Å². The zero-order valence-electron chi connectivity index (χ0n) is 10.9. The highest BCUT2D eigenvalue weighted by atomic mass is 32.1. The third-order valence-electron chi connectivity index (χ3n) is 3.18. The quantitative estimate of drug-likeness (QED) is 0.936. The van der Waals surface area contributed by atoms with E-state index < -0.39 is 0 Å². The predicted molar refractivity (Wildman–Crippen MR) is 76.7 cm³/mol. The van der Waals surface area contributed by atoms with E-state index in [0.717, 1.165) is 30.0 Å². The van der Waals surface area contributed by atoms with Gasteiger partial charge in [-0.15, -0.1) is 11.3 Å². The lowest BCUT2D eigenvalue weighted by atomic mass is 10.2. The first-order valence-corrected chi connectivity index (χ1v) is 7.46. The molecule has 2 aromatic rings. The summed E-state index contributed by atoms with van der Waals surface area (Å²) >= 11 is 1.46. The molecule has 1 N–H and O–H groups in total. The lowest BCUT2D eigenvalue weighted by Crippen LogP contribution is -2.31. The van der Waals surface area contributed by atoms with Crippen molar-refractivity contribution in [2.75, 3.05) is 13.2 Å². The maximum Gasteiger partial charge on any atom is 0.270 e. The summed E-state index contributed by atoms with van der Waals surface area (Å²) in [6.07, 6.45) is 5.67. The normalized spacial score (nSPS) is 18.1. The fourth-order valence-electron chi connectivity index (χ4n) is 2.11. The summed E-state index contributed by atoms with van der Waals surface area (Å²) in [5, 5.41) is 5.48. The van der Waals surface area contributed by atoms with Crippen LogP contribution in [0.4, 0.5) is 0 Å². The van der Waals surface area contributed by atoms with E-state index in [1.165, 1.54) is 11.3 Å². The first kappa shape index (κ1) is 13.2. The molecule has 104 valence electrons. The fourth-order valence-corrected chi connectivity index (χ4v) is 2.91. The van der Waals surface area contributed by atoms with E-state index >= 15 is 0 Å². The fraction of sp³-hybridized carbons (Fsp3) is 0.357. The van der Waals surface area contributed by atoms with E-state index in [9.17, 15) is 4.79 Å². The highest BCUT2D eigenvalue weighted by molar-refractivity contribution is 7.13. The number of nitrogens with one attached hydrogen (secondary N) is 1. The molecule has 6 heteroatoms. The molecule has 20 heavy (non-hydrogen) atoms. The van der Waals surface area contributed by atoms with Crippen LogP contribution >= 0.6 is 11.3 Å². The zero-order valence-corrected chi connectivity index (χ0v) is 11.7. The summed E-state index contributed by atoms with van der Waals surface area (Å²) in [7, 11) is 0. The smallest absolute Gasteiger partial charge is 0.270 e. The minimum Gasteiger partial charge on any atom is -0.376 e. The van der Waals surface area contributed by atoms with Gasteiger partial charge in [0.2, 0.25) is 0 Å². The summed E-state index contributed by atoms with van der Waals surface area (Å²) in [6, 6.07) is 3.76. The molecule has 0 spiro atoms. The number of thiazole rings is 1. The van der Waals surface area contributed by atoms with Gasteiger partial charge in [-0.05, 0) is 25.0 Å². The van der Waals surface area contributed by atoms with Crippen LogP contribution < -0.4 is 5.32 Å². The molecule has 0 aliphatic carbocycles. The molecule has 0 aromatic carbocycles. The van der Waals surface area contributed by atoms with Crippen LogP contribution in [0, 0.1) is 0 Å². The number of amides is 1. The summed E-state index contributed by atoms with van der Waals surface area (Å²) in [6.45, 7) is 1.35. The zero-order chi connectivity index (χ0) is 13.8. The van der Waals surface area contributed by atoms with Gasteiger partial charge in [-0.2, -0.15) is 0 Å². The maximum absolute atomic E-state index is 12.0. The average Bonchev–Trinajstić information content (AvgIpc) is 3.17. The molecule has 3 heterocycles.